The number of hydrogen-bond acceptors (Lipinski definition) is 4. The molecule has 7 heteroatoms. The van der Waals surface area contributed by atoms with Crippen LogP contribution in [-0.4, -0.2) is 13.5 Å². The van der Waals surface area contributed by atoms with E-state index in [0.717, 1.165) is 0 Å². The molecule has 0 bridgehead atoms. The molecule has 2 aromatic rings. The van der Waals surface area contributed by atoms with Crippen molar-refractivity contribution in [1.82, 2.24) is 0 Å². The van der Waals surface area contributed by atoms with Crippen molar-refractivity contribution in [3.63, 3.8) is 0 Å². The minimum absolute atomic E-state index is 0.0379. The van der Waals surface area contributed by atoms with Crippen molar-refractivity contribution < 1.29 is 13.5 Å². The number of phenols is 1. The van der Waals surface area contributed by atoms with E-state index in [1.165, 1.54) is 30.3 Å². The number of nitrogens with zero attached hydrogens (tertiary/aromatic N) is 2. The molecular weight excluding hydrogens is 242 g/mol. The van der Waals surface area contributed by atoms with Crippen molar-refractivity contribution in [2.24, 2.45) is 5.14 Å². The van der Waals surface area contributed by atoms with Crippen LogP contribution in [0.2, 0.25) is 0 Å². The zero-order valence-electron chi connectivity index (χ0n) is 8.53. The van der Waals surface area contributed by atoms with Gasteiger partial charge in [-0.2, -0.15) is 0 Å². The van der Waals surface area contributed by atoms with Gasteiger partial charge in [0.1, 0.15) is 0 Å². The van der Waals surface area contributed by atoms with Crippen LogP contribution in [0.1, 0.15) is 0 Å². The van der Waals surface area contributed by atoms with Gasteiger partial charge in [-0.05, 0) is 12.1 Å². The Kier molecular flexibility index (Phi) is 2.46. The van der Waals surface area contributed by atoms with E-state index in [-0.39, 0.29) is 27.1 Å². The summed E-state index contributed by atoms with van der Waals surface area (Å²) in [6.07, 6.45) is 0. The lowest BCUT2D eigenvalue weighted by molar-refractivity contribution is 0.484. The maximum Gasteiger partial charge on any atom is 0.426 e. The summed E-state index contributed by atoms with van der Waals surface area (Å²) in [5.41, 5.74) is -0.0379. The van der Waals surface area contributed by atoms with E-state index in [0.29, 0.717) is 0 Å². The molecule has 0 aromatic heterocycles. The Morgan fingerprint density at radius 1 is 1.18 bits per heavy atom. The highest BCUT2D eigenvalue weighted by Gasteiger charge is 2.20. The van der Waals surface area contributed by atoms with Crippen molar-refractivity contribution in [2.45, 2.75) is 4.90 Å². The zero-order chi connectivity index (χ0) is 12.6. The third-order valence-electron chi connectivity index (χ3n) is 2.39. The highest BCUT2D eigenvalue weighted by molar-refractivity contribution is 7.89. The first-order valence-electron chi connectivity index (χ1n) is 4.58. The minimum Gasteiger partial charge on any atom is -0.501 e. The van der Waals surface area contributed by atoms with E-state index < -0.39 is 10.0 Å². The van der Waals surface area contributed by atoms with Gasteiger partial charge in [-0.3, -0.25) is 0 Å². The summed E-state index contributed by atoms with van der Waals surface area (Å²) in [5, 5.41) is 24.0. The molecule has 0 aliphatic heterocycles. The number of phenolic OH excluding ortho intramolecular Hbond substituents is 1. The number of aromatic hydroxyl groups is 1. The third-order valence-corrected chi connectivity index (χ3v) is 3.36. The Balaban J connectivity index is 2.96. The van der Waals surface area contributed by atoms with E-state index in [1.807, 2.05) is 0 Å². The number of sulfonamides is 1. The molecule has 0 atom stereocenters. The Morgan fingerprint density at radius 2 is 1.88 bits per heavy atom. The quantitative estimate of drug-likeness (QED) is 0.750. The van der Waals surface area contributed by atoms with Crippen molar-refractivity contribution in [2.75, 3.05) is 0 Å². The summed E-state index contributed by atoms with van der Waals surface area (Å²) in [4.78, 5) is 2.79. The van der Waals surface area contributed by atoms with Crippen molar-refractivity contribution >= 4 is 26.5 Å². The Bertz CT molecular complexity index is 747. The third kappa shape index (κ3) is 1.80. The number of hydrogen-bond donors (Lipinski definition) is 2. The number of diazo groups is 1. The number of rotatable bonds is 1. The lowest BCUT2D eigenvalue weighted by Gasteiger charge is -2.03. The van der Waals surface area contributed by atoms with E-state index in [4.69, 9.17) is 10.5 Å². The smallest absolute Gasteiger partial charge is 0.426 e. The molecule has 0 heterocycles. The van der Waals surface area contributed by atoms with Crippen LogP contribution in [0.4, 0.5) is 5.69 Å². The topological polar surface area (TPSA) is 109 Å². The van der Waals surface area contributed by atoms with Gasteiger partial charge in [0.05, 0.1) is 4.90 Å². The number of fused-ring (bicyclic) bond motifs is 1. The lowest BCUT2D eigenvalue weighted by Crippen LogP contribution is -2.12. The molecular formula is C10H8N3O3S+. The van der Waals surface area contributed by atoms with Gasteiger partial charge in [-0.15, -0.1) is 0 Å². The first-order valence-corrected chi connectivity index (χ1v) is 6.12. The van der Waals surface area contributed by atoms with Gasteiger partial charge in [-0.25, -0.2) is 13.6 Å². The molecule has 0 amide bonds. The van der Waals surface area contributed by atoms with Crippen LogP contribution < -0.4 is 5.14 Å². The van der Waals surface area contributed by atoms with Crippen LogP contribution in [0.15, 0.2) is 35.2 Å². The van der Waals surface area contributed by atoms with Crippen LogP contribution >= 0.6 is 0 Å². The fraction of sp³-hybridized carbons (Fsp3) is 0. The fourth-order valence-corrected chi connectivity index (χ4v) is 2.38. The van der Waals surface area contributed by atoms with Gasteiger partial charge in [-0.1, -0.05) is 12.1 Å². The predicted octanol–water partition coefficient (Wildman–Crippen LogP) is 1.68. The predicted molar refractivity (Wildman–Crippen MR) is 61.7 cm³/mol. The van der Waals surface area contributed by atoms with Crippen molar-refractivity contribution in [1.29, 1.82) is 5.39 Å². The highest BCUT2D eigenvalue weighted by atomic mass is 32.2. The Morgan fingerprint density at radius 3 is 2.47 bits per heavy atom. The standard InChI is InChI=1S/C10H7N3O3S/c11-13-8-5-4-6-7(10(8)14)2-1-3-9(6)17(12,15)16/h1-5H,(H2-,12,14,15,16)/p+1. The molecule has 0 aliphatic rings. The largest absolute Gasteiger partial charge is 0.501 e. The summed E-state index contributed by atoms with van der Waals surface area (Å²) >= 11 is 0. The maximum atomic E-state index is 11.3. The number of primary sulfonamides is 1. The van der Waals surface area contributed by atoms with Crippen LogP contribution in [0.25, 0.3) is 15.7 Å². The molecule has 0 unspecified atom stereocenters. The SMILES string of the molecule is N#[N+]c1ccc2c(S(N)(=O)=O)cccc2c1O. The molecule has 0 radical (unpaired) electrons. The first-order chi connectivity index (χ1) is 7.95. The lowest BCUT2D eigenvalue weighted by atomic mass is 10.1. The molecule has 0 saturated carbocycles. The van der Waals surface area contributed by atoms with Crippen molar-refractivity contribution in [3.8, 4) is 5.75 Å². The number of nitrogens with two attached hydrogens (primary N) is 1. The second-order valence-corrected chi connectivity index (χ2v) is 4.96. The second-order valence-electron chi connectivity index (χ2n) is 3.43. The Labute approximate surface area is 97.0 Å². The molecule has 86 valence electrons. The van der Waals surface area contributed by atoms with Crippen LogP contribution in [0, 0.1) is 5.39 Å². The van der Waals surface area contributed by atoms with Crippen molar-refractivity contribution in [3.05, 3.63) is 35.3 Å². The summed E-state index contributed by atoms with van der Waals surface area (Å²) in [5.74, 6) is -0.296. The van der Waals surface area contributed by atoms with Crippen LogP contribution in [-0.2, 0) is 10.0 Å². The first kappa shape index (κ1) is 11.3. The molecule has 0 aliphatic carbocycles. The van der Waals surface area contributed by atoms with Gasteiger partial charge in [0.25, 0.3) is 0 Å². The molecule has 3 N–H and O–H groups in total. The highest BCUT2D eigenvalue weighted by Crippen LogP contribution is 2.36. The van der Waals surface area contributed by atoms with Gasteiger partial charge in [0.15, 0.2) is 4.98 Å². The summed E-state index contributed by atoms with van der Waals surface area (Å²) in [6.45, 7) is 0. The minimum atomic E-state index is -3.87. The van der Waals surface area contributed by atoms with Gasteiger partial charge in [0, 0.05) is 16.8 Å². The van der Waals surface area contributed by atoms with Crippen LogP contribution in [0.3, 0.4) is 0 Å². The average molecular weight is 250 g/mol. The van der Waals surface area contributed by atoms with E-state index in [1.54, 1.807) is 0 Å². The normalized spacial score (nSPS) is 11.3. The van der Waals surface area contributed by atoms with Crippen LogP contribution in [0.5, 0.6) is 5.75 Å². The van der Waals surface area contributed by atoms with E-state index in [9.17, 15) is 13.5 Å². The summed E-state index contributed by atoms with van der Waals surface area (Å²) in [7, 11) is -3.87. The summed E-state index contributed by atoms with van der Waals surface area (Å²) in [6, 6.07) is 7.01. The number of benzene rings is 2. The van der Waals surface area contributed by atoms with Gasteiger partial charge >= 0.3 is 5.69 Å². The monoisotopic (exact) mass is 250 g/mol. The fourth-order valence-electron chi connectivity index (χ4n) is 1.63. The molecule has 17 heavy (non-hydrogen) atoms. The average Bonchev–Trinajstić information content (AvgIpc) is 2.28. The second kappa shape index (κ2) is 3.69. The van der Waals surface area contributed by atoms with Gasteiger partial charge in [0.2, 0.25) is 21.2 Å². The van der Waals surface area contributed by atoms with E-state index in [2.05, 4.69) is 4.98 Å². The molecule has 2 aromatic carbocycles. The maximum absolute atomic E-state index is 11.3. The molecule has 6 nitrogen and oxygen atoms in total. The Hall–Kier alpha value is -2.17. The van der Waals surface area contributed by atoms with E-state index >= 15 is 0 Å². The zero-order valence-corrected chi connectivity index (χ0v) is 9.35. The molecule has 0 saturated heterocycles. The molecule has 0 fully saturated rings. The summed E-state index contributed by atoms with van der Waals surface area (Å²) < 4.78 is 22.7. The van der Waals surface area contributed by atoms with Gasteiger partial charge < -0.3 is 5.11 Å². The molecule has 0 spiro atoms. The molecule has 2 rings (SSSR count).